The standard InChI is InChI=1S/C21H20N2O3/c1-15(26-21(25)18-5-3-2-4-6-18)7-8-16-13-22-20(23-14-16)17-9-11-19(24)12-10-17/h2-6,9-15,24H,7-8H2,1H3. The van der Waals surface area contributed by atoms with Crippen molar-refractivity contribution in [3.8, 4) is 17.1 Å². The van der Waals surface area contributed by atoms with Crippen molar-refractivity contribution in [2.24, 2.45) is 0 Å². The Morgan fingerprint density at radius 3 is 2.35 bits per heavy atom. The summed E-state index contributed by atoms with van der Waals surface area (Å²) in [6.07, 6.45) is 4.78. The highest BCUT2D eigenvalue weighted by Crippen LogP contribution is 2.18. The predicted octanol–water partition coefficient (Wildman–Crippen LogP) is 4.03. The Bertz CT molecular complexity index is 847. The first-order valence-electron chi connectivity index (χ1n) is 8.48. The van der Waals surface area contributed by atoms with Crippen molar-refractivity contribution < 1.29 is 14.6 Å². The van der Waals surface area contributed by atoms with Crippen molar-refractivity contribution in [1.29, 1.82) is 0 Å². The maximum atomic E-state index is 12.0. The fraction of sp³-hybridized carbons (Fsp3) is 0.190. The van der Waals surface area contributed by atoms with Gasteiger partial charge in [0.2, 0.25) is 0 Å². The molecule has 1 aromatic heterocycles. The van der Waals surface area contributed by atoms with Crippen LogP contribution in [0.4, 0.5) is 0 Å². The Kier molecular flexibility index (Phi) is 5.59. The van der Waals surface area contributed by atoms with Gasteiger partial charge in [-0.1, -0.05) is 18.2 Å². The predicted molar refractivity (Wildman–Crippen MR) is 98.8 cm³/mol. The van der Waals surface area contributed by atoms with Crippen LogP contribution in [-0.4, -0.2) is 27.1 Å². The number of hydrogen-bond donors (Lipinski definition) is 1. The molecule has 0 amide bonds. The first-order chi connectivity index (χ1) is 12.6. The quantitative estimate of drug-likeness (QED) is 0.681. The second-order valence-electron chi connectivity index (χ2n) is 6.08. The van der Waals surface area contributed by atoms with Crippen molar-refractivity contribution in [2.75, 3.05) is 0 Å². The van der Waals surface area contributed by atoms with E-state index < -0.39 is 0 Å². The number of esters is 1. The van der Waals surface area contributed by atoms with Crippen molar-refractivity contribution >= 4 is 5.97 Å². The van der Waals surface area contributed by atoms with Crippen molar-refractivity contribution in [1.82, 2.24) is 9.97 Å². The van der Waals surface area contributed by atoms with E-state index in [4.69, 9.17) is 4.74 Å². The average molecular weight is 348 g/mol. The molecule has 1 atom stereocenters. The number of carbonyl (C=O) groups is 1. The number of benzene rings is 2. The number of aromatic hydroxyl groups is 1. The van der Waals surface area contributed by atoms with Crippen LogP contribution in [0, 0.1) is 0 Å². The van der Waals surface area contributed by atoms with Gasteiger partial charge in [0.05, 0.1) is 11.7 Å². The van der Waals surface area contributed by atoms with E-state index in [2.05, 4.69) is 9.97 Å². The van der Waals surface area contributed by atoms with E-state index in [1.165, 1.54) is 0 Å². The Balaban J connectivity index is 1.53. The van der Waals surface area contributed by atoms with E-state index in [0.29, 0.717) is 17.8 Å². The van der Waals surface area contributed by atoms with Crippen LogP contribution in [0.2, 0.25) is 0 Å². The molecule has 26 heavy (non-hydrogen) atoms. The Labute approximate surface area is 152 Å². The van der Waals surface area contributed by atoms with Gasteiger partial charge in [0.15, 0.2) is 5.82 Å². The Morgan fingerprint density at radius 1 is 1.04 bits per heavy atom. The molecule has 1 heterocycles. The average Bonchev–Trinajstić information content (AvgIpc) is 2.68. The Hall–Kier alpha value is -3.21. The molecule has 0 saturated carbocycles. The van der Waals surface area contributed by atoms with Crippen LogP contribution in [-0.2, 0) is 11.2 Å². The summed E-state index contributed by atoms with van der Waals surface area (Å²) in [7, 11) is 0. The molecule has 0 aliphatic rings. The van der Waals surface area contributed by atoms with Crippen LogP contribution < -0.4 is 0 Å². The summed E-state index contributed by atoms with van der Waals surface area (Å²) in [5.41, 5.74) is 2.38. The van der Waals surface area contributed by atoms with Crippen LogP contribution >= 0.6 is 0 Å². The smallest absolute Gasteiger partial charge is 0.338 e. The van der Waals surface area contributed by atoms with Gasteiger partial charge in [-0.15, -0.1) is 0 Å². The van der Waals surface area contributed by atoms with E-state index in [0.717, 1.165) is 17.5 Å². The molecule has 0 spiro atoms. The lowest BCUT2D eigenvalue weighted by atomic mass is 10.1. The summed E-state index contributed by atoms with van der Waals surface area (Å²) in [6.45, 7) is 1.88. The first-order valence-corrected chi connectivity index (χ1v) is 8.48. The molecule has 3 rings (SSSR count). The van der Waals surface area contributed by atoms with Crippen molar-refractivity contribution in [3.05, 3.63) is 78.1 Å². The molecule has 0 saturated heterocycles. The fourth-order valence-electron chi connectivity index (χ4n) is 2.50. The topological polar surface area (TPSA) is 72.3 Å². The zero-order chi connectivity index (χ0) is 18.4. The second kappa shape index (κ2) is 8.25. The minimum atomic E-state index is -0.308. The molecule has 5 nitrogen and oxygen atoms in total. The molecule has 2 aromatic carbocycles. The maximum Gasteiger partial charge on any atom is 0.338 e. The molecular weight excluding hydrogens is 328 g/mol. The minimum Gasteiger partial charge on any atom is -0.508 e. The summed E-state index contributed by atoms with van der Waals surface area (Å²) in [5.74, 6) is 0.513. The van der Waals surface area contributed by atoms with E-state index in [-0.39, 0.29) is 17.8 Å². The highest BCUT2D eigenvalue weighted by Gasteiger charge is 2.12. The van der Waals surface area contributed by atoms with Crippen molar-refractivity contribution in [2.45, 2.75) is 25.9 Å². The van der Waals surface area contributed by atoms with Gasteiger partial charge in [-0.05, 0) is 61.7 Å². The third-order valence-electron chi connectivity index (χ3n) is 3.99. The summed E-state index contributed by atoms with van der Waals surface area (Å²) in [5, 5.41) is 9.33. The molecule has 0 aliphatic carbocycles. The SMILES string of the molecule is CC(CCc1cnc(-c2ccc(O)cc2)nc1)OC(=O)c1ccccc1. The number of phenolic OH excluding ortho intramolecular Hbond substituents is 1. The van der Waals surface area contributed by atoms with Gasteiger partial charge in [-0.3, -0.25) is 0 Å². The summed E-state index contributed by atoms with van der Waals surface area (Å²) >= 11 is 0. The zero-order valence-electron chi connectivity index (χ0n) is 14.5. The molecule has 1 N–H and O–H groups in total. The number of aryl methyl sites for hydroxylation is 1. The number of nitrogens with zero attached hydrogens (tertiary/aromatic N) is 2. The van der Waals surface area contributed by atoms with E-state index in [9.17, 15) is 9.90 Å². The fourth-order valence-corrected chi connectivity index (χ4v) is 2.50. The summed E-state index contributed by atoms with van der Waals surface area (Å²) in [6, 6.07) is 15.7. The Morgan fingerprint density at radius 2 is 1.69 bits per heavy atom. The third kappa shape index (κ3) is 4.66. The third-order valence-corrected chi connectivity index (χ3v) is 3.99. The van der Waals surface area contributed by atoms with Crippen LogP contribution in [0.1, 0.15) is 29.3 Å². The van der Waals surface area contributed by atoms with Crippen LogP contribution in [0.25, 0.3) is 11.4 Å². The molecule has 0 bridgehead atoms. The van der Waals surface area contributed by atoms with Crippen LogP contribution in [0.5, 0.6) is 5.75 Å². The van der Waals surface area contributed by atoms with Gasteiger partial charge < -0.3 is 9.84 Å². The second-order valence-corrected chi connectivity index (χ2v) is 6.08. The van der Waals surface area contributed by atoms with Gasteiger partial charge >= 0.3 is 5.97 Å². The highest BCUT2D eigenvalue weighted by molar-refractivity contribution is 5.89. The number of carbonyl (C=O) groups excluding carboxylic acids is 1. The van der Waals surface area contributed by atoms with Crippen molar-refractivity contribution in [3.63, 3.8) is 0 Å². The lowest BCUT2D eigenvalue weighted by Crippen LogP contribution is -2.15. The van der Waals surface area contributed by atoms with Gasteiger partial charge in [0.1, 0.15) is 5.75 Å². The van der Waals surface area contributed by atoms with Gasteiger partial charge in [0.25, 0.3) is 0 Å². The number of aromatic nitrogens is 2. The summed E-state index contributed by atoms with van der Waals surface area (Å²) in [4.78, 5) is 20.8. The molecule has 132 valence electrons. The van der Waals surface area contributed by atoms with E-state index in [1.54, 1.807) is 48.8 Å². The maximum absolute atomic E-state index is 12.0. The lowest BCUT2D eigenvalue weighted by molar-refractivity contribution is 0.0325. The van der Waals surface area contributed by atoms with Gasteiger partial charge in [0, 0.05) is 18.0 Å². The molecule has 3 aromatic rings. The molecular formula is C21H20N2O3. The van der Waals surface area contributed by atoms with E-state index in [1.807, 2.05) is 25.1 Å². The largest absolute Gasteiger partial charge is 0.508 e. The first kappa shape index (κ1) is 17.6. The van der Waals surface area contributed by atoms with Crippen LogP contribution in [0.3, 0.4) is 0 Å². The number of rotatable bonds is 6. The molecule has 5 heteroatoms. The minimum absolute atomic E-state index is 0.195. The normalized spacial score (nSPS) is 11.7. The molecule has 1 unspecified atom stereocenters. The summed E-state index contributed by atoms with van der Waals surface area (Å²) < 4.78 is 5.46. The van der Waals surface area contributed by atoms with Gasteiger partial charge in [-0.2, -0.15) is 0 Å². The number of ether oxygens (including phenoxy) is 1. The van der Waals surface area contributed by atoms with Crippen LogP contribution in [0.15, 0.2) is 67.0 Å². The highest BCUT2D eigenvalue weighted by atomic mass is 16.5. The molecule has 0 fully saturated rings. The van der Waals surface area contributed by atoms with E-state index >= 15 is 0 Å². The number of phenols is 1. The molecule has 0 aliphatic heterocycles. The zero-order valence-corrected chi connectivity index (χ0v) is 14.5. The monoisotopic (exact) mass is 348 g/mol. The number of hydrogen-bond acceptors (Lipinski definition) is 5. The van der Waals surface area contributed by atoms with Gasteiger partial charge in [-0.25, -0.2) is 14.8 Å². The lowest BCUT2D eigenvalue weighted by Gasteiger charge is -2.13. The molecule has 0 radical (unpaired) electrons.